The van der Waals surface area contributed by atoms with Gasteiger partial charge in [-0.05, 0) is 24.5 Å². The maximum Gasteiger partial charge on any atom is 0.326 e. The Kier molecular flexibility index (Phi) is 5.73. The molecule has 8 nitrogen and oxygen atoms in total. The average molecular weight is 383 g/mol. The van der Waals surface area contributed by atoms with Gasteiger partial charge >= 0.3 is 5.97 Å². The van der Waals surface area contributed by atoms with Gasteiger partial charge in [0.05, 0.1) is 12.5 Å². The van der Waals surface area contributed by atoms with Crippen LogP contribution in [-0.2, 0) is 25.5 Å². The van der Waals surface area contributed by atoms with Gasteiger partial charge in [0.2, 0.25) is 5.91 Å². The summed E-state index contributed by atoms with van der Waals surface area (Å²) in [7, 11) is 0. The first-order valence-corrected chi connectivity index (χ1v) is 9.25. The SMILES string of the molecule is N#CC1(NC(=O)COC(=O)CN2C(=O)Cc3ccccc3C2=O)CCCCC1. The predicted octanol–water partition coefficient (Wildman–Crippen LogP) is 1.10. The third-order valence-corrected chi connectivity index (χ3v) is 5.09. The first-order chi connectivity index (χ1) is 13.4. The molecule has 0 radical (unpaired) electrons. The summed E-state index contributed by atoms with van der Waals surface area (Å²) in [6.45, 7) is -1.11. The Hall–Kier alpha value is -3.21. The summed E-state index contributed by atoms with van der Waals surface area (Å²) in [6.07, 6.45) is 3.90. The maximum atomic E-state index is 12.4. The minimum atomic E-state index is -0.912. The van der Waals surface area contributed by atoms with E-state index in [1.54, 1.807) is 24.3 Å². The molecule has 1 saturated carbocycles. The van der Waals surface area contributed by atoms with E-state index in [1.807, 2.05) is 0 Å². The average Bonchev–Trinajstić information content (AvgIpc) is 2.70. The highest BCUT2D eigenvalue weighted by Gasteiger charge is 2.35. The standard InChI is InChI=1S/C20H21N3O5/c21-13-20(8-4-1-5-9-20)22-16(24)12-28-18(26)11-23-17(25)10-14-6-2-3-7-15(14)19(23)27/h2-3,6-7H,1,4-5,8-12H2,(H,22,24). The van der Waals surface area contributed by atoms with Gasteiger partial charge in [0.25, 0.3) is 11.8 Å². The van der Waals surface area contributed by atoms with Gasteiger partial charge in [-0.3, -0.25) is 24.1 Å². The summed E-state index contributed by atoms with van der Waals surface area (Å²) in [5, 5.41) is 12.0. The summed E-state index contributed by atoms with van der Waals surface area (Å²) >= 11 is 0. The number of amides is 3. The summed E-state index contributed by atoms with van der Waals surface area (Å²) < 4.78 is 4.92. The van der Waals surface area contributed by atoms with Crippen molar-refractivity contribution in [2.75, 3.05) is 13.2 Å². The van der Waals surface area contributed by atoms with Gasteiger partial charge in [0.1, 0.15) is 12.1 Å². The van der Waals surface area contributed by atoms with E-state index in [0.717, 1.165) is 24.2 Å². The van der Waals surface area contributed by atoms with E-state index in [9.17, 15) is 24.4 Å². The second kappa shape index (κ2) is 8.21. The van der Waals surface area contributed by atoms with E-state index < -0.39 is 42.4 Å². The van der Waals surface area contributed by atoms with Crippen LogP contribution in [0.5, 0.6) is 0 Å². The van der Waals surface area contributed by atoms with E-state index in [-0.39, 0.29) is 6.42 Å². The fourth-order valence-electron chi connectivity index (χ4n) is 3.60. The van der Waals surface area contributed by atoms with Crippen molar-refractivity contribution in [2.45, 2.75) is 44.1 Å². The lowest BCUT2D eigenvalue weighted by atomic mass is 9.83. The highest BCUT2D eigenvalue weighted by molar-refractivity contribution is 6.11. The summed E-state index contributed by atoms with van der Waals surface area (Å²) in [4.78, 5) is 49.6. The number of fused-ring (bicyclic) bond motifs is 1. The van der Waals surface area contributed by atoms with Gasteiger partial charge in [0.15, 0.2) is 6.61 Å². The van der Waals surface area contributed by atoms with Gasteiger partial charge in [-0.15, -0.1) is 0 Å². The van der Waals surface area contributed by atoms with Gasteiger partial charge < -0.3 is 10.1 Å². The number of ether oxygens (including phenoxy) is 1. The third-order valence-electron chi connectivity index (χ3n) is 5.09. The first kappa shape index (κ1) is 19.5. The zero-order chi connectivity index (χ0) is 20.1. The number of esters is 1. The van der Waals surface area contributed by atoms with Crippen molar-refractivity contribution in [3.8, 4) is 6.07 Å². The second-order valence-electron chi connectivity index (χ2n) is 7.08. The Morgan fingerprint density at radius 3 is 2.61 bits per heavy atom. The highest BCUT2D eigenvalue weighted by atomic mass is 16.5. The quantitative estimate of drug-likeness (QED) is 0.601. The van der Waals surface area contributed by atoms with Crippen LogP contribution in [0.2, 0.25) is 0 Å². The number of hydrogen-bond acceptors (Lipinski definition) is 6. The lowest BCUT2D eigenvalue weighted by Gasteiger charge is -2.31. The second-order valence-corrected chi connectivity index (χ2v) is 7.08. The lowest BCUT2D eigenvalue weighted by molar-refractivity contribution is -0.151. The Labute approximate surface area is 162 Å². The fraction of sp³-hybridized carbons (Fsp3) is 0.450. The van der Waals surface area contributed by atoms with Gasteiger partial charge in [-0.25, -0.2) is 0 Å². The van der Waals surface area contributed by atoms with Gasteiger partial charge in [-0.2, -0.15) is 5.26 Å². The number of nitriles is 1. The maximum absolute atomic E-state index is 12.4. The van der Waals surface area contributed by atoms with Crippen molar-refractivity contribution in [1.82, 2.24) is 10.2 Å². The predicted molar refractivity (Wildman–Crippen MR) is 96.7 cm³/mol. The van der Waals surface area contributed by atoms with Crippen LogP contribution in [0.15, 0.2) is 24.3 Å². The molecule has 3 amide bonds. The Morgan fingerprint density at radius 2 is 1.89 bits per heavy atom. The molecule has 1 aromatic carbocycles. The smallest absolute Gasteiger partial charge is 0.326 e. The van der Waals surface area contributed by atoms with Crippen LogP contribution in [0.25, 0.3) is 0 Å². The van der Waals surface area contributed by atoms with Crippen molar-refractivity contribution in [1.29, 1.82) is 5.26 Å². The van der Waals surface area contributed by atoms with Crippen molar-refractivity contribution >= 4 is 23.7 Å². The summed E-state index contributed by atoms with van der Waals surface area (Å²) in [6, 6.07) is 8.87. The van der Waals surface area contributed by atoms with Crippen LogP contribution in [-0.4, -0.2) is 47.3 Å². The van der Waals surface area contributed by atoms with E-state index in [2.05, 4.69) is 11.4 Å². The zero-order valence-electron chi connectivity index (χ0n) is 15.4. The zero-order valence-corrected chi connectivity index (χ0v) is 15.4. The van der Waals surface area contributed by atoms with E-state index in [4.69, 9.17) is 4.74 Å². The number of carbonyl (C=O) groups excluding carboxylic acids is 4. The molecule has 28 heavy (non-hydrogen) atoms. The molecule has 1 aromatic rings. The van der Waals surface area contributed by atoms with Crippen molar-refractivity contribution in [3.63, 3.8) is 0 Å². The summed E-state index contributed by atoms with van der Waals surface area (Å²) in [5.41, 5.74) is 0.0845. The summed E-state index contributed by atoms with van der Waals surface area (Å²) in [5.74, 6) is -2.47. The van der Waals surface area contributed by atoms with Crippen LogP contribution in [0, 0.1) is 11.3 Å². The van der Waals surface area contributed by atoms with Gasteiger partial charge in [-0.1, -0.05) is 37.5 Å². The Morgan fingerprint density at radius 1 is 1.18 bits per heavy atom. The minimum Gasteiger partial charge on any atom is -0.454 e. The largest absolute Gasteiger partial charge is 0.454 e. The Balaban J connectivity index is 1.53. The lowest BCUT2D eigenvalue weighted by Crippen LogP contribution is -2.50. The number of rotatable bonds is 5. The molecule has 0 unspecified atom stereocenters. The molecule has 0 saturated heterocycles. The molecule has 0 aromatic heterocycles. The van der Waals surface area contributed by atoms with Crippen LogP contribution >= 0.6 is 0 Å². The molecule has 0 spiro atoms. The number of nitrogens with zero attached hydrogens (tertiary/aromatic N) is 2. The van der Waals surface area contributed by atoms with Crippen molar-refractivity contribution < 1.29 is 23.9 Å². The molecule has 1 N–H and O–H groups in total. The topological polar surface area (TPSA) is 117 Å². The molecule has 3 rings (SSSR count). The molecule has 0 bridgehead atoms. The third kappa shape index (κ3) is 4.19. The van der Waals surface area contributed by atoms with Gasteiger partial charge in [0, 0.05) is 5.56 Å². The highest BCUT2D eigenvalue weighted by Crippen LogP contribution is 2.27. The number of imide groups is 1. The van der Waals surface area contributed by atoms with E-state index >= 15 is 0 Å². The first-order valence-electron chi connectivity index (χ1n) is 9.25. The molecule has 1 aliphatic carbocycles. The molecule has 0 atom stereocenters. The fourth-order valence-corrected chi connectivity index (χ4v) is 3.60. The number of carbonyl (C=O) groups is 4. The number of hydrogen-bond donors (Lipinski definition) is 1. The monoisotopic (exact) mass is 383 g/mol. The molecule has 2 aliphatic rings. The van der Waals surface area contributed by atoms with Crippen LogP contribution in [0.1, 0.15) is 48.0 Å². The molecule has 1 heterocycles. The van der Waals surface area contributed by atoms with Crippen molar-refractivity contribution in [3.05, 3.63) is 35.4 Å². The van der Waals surface area contributed by atoms with Crippen LogP contribution < -0.4 is 5.32 Å². The molecular formula is C20H21N3O5. The van der Waals surface area contributed by atoms with Crippen LogP contribution in [0.3, 0.4) is 0 Å². The van der Waals surface area contributed by atoms with Crippen LogP contribution in [0.4, 0.5) is 0 Å². The molecule has 8 heteroatoms. The number of nitrogens with one attached hydrogen (secondary N) is 1. The van der Waals surface area contributed by atoms with Crippen molar-refractivity contribution in [2.24, 2.45) is 0 Å². The van der Waals surface area contributed by atoms with E-state index in [0.29, 0.717) is 24.0 Å². The van der Waals surface area contributed by atoms with E-state index in [1.165, 1.54) is 0 Å². The molecule has 1 aliphatic heterocycles. The molecular weight excluding hydrogens is 362 g/mol. The number of benzene rings is 1. The minimum absolute atomic E-state index is 0.0281. The molecule has 1 fully saturated rings. The normalized spacial score (nSPS) is 18.0. The Bertz CT molecular complexity index is 852. The molecule has 146 valence electrons.